The molecule has 1 fully saturated rings. The van der Waals surface area contributed by atoms with E-state index < -0.39 is 0 Å². The number of carbonyl (C=O) groups is 1. The standard InChI is InChI=1S/C19H17ClN4O3/c20-14-3-1-2-13(10-14)17-11-16(23-27-17)19(25)22-15-4-5-18(21-12-15)24-6-8-26-9-7-24/h1-5,10-12H,6-9H2,(H,22,25). The van der Waals surface area contributed by atoms with E-state index in [1.54, 1.807) is 24.4 Å². The largest absolute Gasteiger partial charge is 0.378 e. The van der Waals surface area contributed by atoms with Crippen LogP contribution in [0.1, 0.15) is 10.5 Å². The Morgan fingerprint density at radius 1 is 1.15 bits per heavy atom. The van der Waals surface area contributed by atoms with Gasteiger partial charge in [-0.2, -0.15) is 0 Å². The van der Waals surface area contributed by atoms with Gasteiger partial charge in [0.25, 0.3) is 5.91 Å². The number of hydrogen-bond acceptors (Lipinski definition) is 6. The van der Waals surface area contributed by atoms with Gasteiger partial charge in [0.15, 0.2) is 11.5 Å². The van der Waals surface area contributed by atoms with Crippen molar-refractivity contribution in [2.75, 3.05) is 36.5 Å². The maximum absolute atomic E-state index is 12.4. The van der Waals surface area contributed by atoms with Crippen molar-refractivity contribution in [2.24, 2.45) is 0 Å². The van der Waals surface area contributed by atoms with Crippen LogP contribution in [-0.4, -0.2) is 42.4 Å². The van der Waals surface area contributed by atoms with Crippen molar-refractivity contribution < 1.29 is 14.1 Å². The monoisotopic (exact) mass is 384 g/mol. The Morgan fingerprint density at radius 2 is 2.00 bits per heavy atom. The first-order valence-electron chi connectivity index (χ1n) is 8.52. The molecular weight excluding hydrogens is 368 g/mol. The molecule has 138 valence electrons. The SMILES string of the molecule is O=C(Nc1ccc(N2CCOCC2)nc1)c1cc(-c2cccc(Cl)c2)on1. The molecule has 0 saturated carbocycles. The lowest BCUT2D eigenvalue weighted by molar-refractivity contribution is 0.101. The van der Waals surface area contributed by atoms with E-state index in [2.05, 4.69) is 20.4 Å². The maximum atomic E-state index is 12.4. The average Bonchev–Trinajstić information content (AvgIpc) is 3.20. The fraction of sp³-hybridized carbons (Fsp3) is 0.211. The van der Waals surface area contributed by atoms with E-state index in [1.807, 2.05) is 24.3 Å². The van der Waals surface area contributed by atoms with E-state index in [-0.39, 0.29) is 11.6 Å². The smallest absolute Gasteiger partial charge is 0.277 e. The zero-order chi connectivity index (χ0) is 18.6. The molecule has 1 aliphatic heterocycles. The van der Waals surface area contributed by atoms with E-state index in [0.717, 1.165) is 24.5 Å². The third-order valence-corrected chi connectivity index (χ3v) is 4.43. The molecule has 0 spiro atoms. The molecule has 1 saturated heterocycles. The van der Waals surface area contributed by atoms with Crippen LogP contribution >= 0.6 is 11.6 Å². The van der Waals surface area contributed by atoms with E-state index in [4.69, 9.17) is 20.9 Å². The average molecular weight is 385 g/mol. The first kappa shape index (κ1) is 17.5. The first-order chi connectivity index (χ1) is 13.2. The van der Waals surface area contributed by atoms with E-state index in [0.29, 0.717) is 29.7 Å². The first-order valence-corrected chi connectivity index (χ1v) is 8.89. The summed E-state index contributed by atoms with van der Waals surface area (Å²) in [5.74, 6) is 0.970. The van der Waals surface area contributed by atoms with Gasteiger partial charge in [0.05, 0.1) is 25.1 Å². The molecule has 1 aromatic carbocycles. The minimum Gasteiger partial charge on any atom is -0.378 e. The zero-order valence-electron chi connectivity index (χ0n) is 14.4. The number of nitrogens with one attached hydrogen (secondary N) is 1. The molecule has 1 aliphatic rings. The minimum atomic E-state index is -0.368. The number of ether oxygens (including phenoxy) is 1. The van der Waals surface area contributed by atoms with Crippen molar-refractivity contribution >= 4 is 29.0 Å². The molecule has 8 heteroatoms. The van der Waals surface area contributed by atoms with Crippen LogP contribution in [0.5, 0.6) is 0 Å². The molecule has 0 radical (unpaired) electrons. The molecular formula is C19H17ClN4O3. The Hall–Kier alpha value is -2.90. The number of aromatic nitrogens is 2. The summed E-state index contributed by atoms with van der Waals surface area (Å²) in [6.45, 7) is 3.01. The van der Waals surface area contributed by atoms with Gasteiger partial charge in [-0.25, -0.2) is 4.98 Å². The van der Waals surface area contributed by atoms with Crippen molar-refractivity contribution in [3.63, 3.8) is 0 Å². The van der Waals surface area contributed by atoms with Crippen molar-refractivity contribution in [2.45, 2.75) is 0 Å². The lowest BCUT2D eigenvalue weighted by atomic mass is 10.1. The summed E-state index contributed by atoms with van der Waals surface area (Å²) in [6.07, 6.45) is 1.63. The maximum Gasteiger partial charge on any atom is 0.277 e. The van der Waals surface area contributed by atoms with Gasteiger partial charge in [-0.1, -0.05) is 28.9 Å². The Balaban J connectivity index is 1.43. The quantitative estimate of drug-likeness (QED) is 0.741. The molecule has 0 aliphatic carbocycles. The summed E-state index contributed by atoms with van der Waals surface area (Å²) >= 11 is 5.98. The van der Waals surface area contributed by atoms with Crippen LogP contribution < -0.4 is 10.2 Å². The summed E-state index contributed by atoms with van der Waals surface area (Å²) in [6, 6.07) is 12.4. The van der Waals surface area contributed by atoms with Gasteiger partial charge >= 0.3 is 0 Å². The second-order valence-corrected chi connectivity index (χ2v) is 6.48. The molecule has 4 rings (SSSR count). The predicted octanol–water partition coefficient (Wildman–Crippen LogP) is 3.48. The number of rotatable bonds is 4. The van der Waals surface area contributed by atoms with Crippen LogP contribution in [0.15, 0.2) is 53.2 Å². The summed E-state index contributed by atoms with van der Waals surface area (Å²) in [5, 5.41) is 7.19. The highest BCUT2D eigenvalue weighted by molar-refractivity contribution is 6.30. The summed E-state index contributed by atoms with van der Waals surface area (Å²) in [4.78, 5) is 18.9. The fourth-order valence-corrected chi connectivity index (χ4v) is 2.98. The highest BCUT2D eigenvalue weighted by atomic mass is 35.5. The number of hydrogen-bond donors (Lipinski definition) is 1. The number of carbonyl (C=O) groups excluding carboxylic acids is 1. The second kappa shape index (κ2) is 7.77. The second-order valence-electron chi connectivity index (χ2n) is 6.05. The highest BCUT2D eigenvalue weighted by Crippen LogP contribution is 2.24. The lowest BCUT2D eigenvalue weighted by Gasteiger charge is -2.27. The van der Waals surface area contributed by atoms with Gasteiger partial charge in [0, 0.05) is 29.7 Å². The Bertz CT molecular complexity index is 936. The molecule has 2 aromatic heterocycles. The Morgan fingerprint density at radius 3 is 2.74 bits per heavy atom. The number of benzene rings is 1. The lowest BCUT2D eigenvalue weighted by Crippen LogP contribution is -2.36. The van der Waals surface area contributed by atoms with Crippen LogP contribution in [0.3, 0.4) is 0 Å². The molecule has 1 N–H and O–H groups in total. The number of nitrogens with zero attached hydrogens (tertiary/aromatic N) is 3. The molecule has 0 bridgehead atoms. The zero-order valence-corrected chi connectivity index (χ0v) is 15.1. The van der Waals surface area contributed by atoms with Gasteiger partial charge in [-0.3, -0.25) is 4.79 Å². The van der Waals surface area contributed by atoms with Crippen molar-refractivity contribution in [3.05, 3.63) is 59.4 Å². The summed E-state index contributed by atoms with van der Waals surface area (Å²) < 4.78 is 10.6. The molecule has 3 aromatic rings. The number of morpholine rings is 1. The van der Waals surface area contributed by atoms with E-state index in [9.17, 15) is 4.79 Å². The summed E-state index contributed by atoms with van der Waals surface area (Å²) in [5.41, 5.74) is 1.53. The van der Waals surface area contributed by atoms with E-state index >= 15 is 0 Å². The minimum absolute atomic E-state index is 0.183. The molecule has 0 unspecified atom stereocenters. The van der Waals surface area contributed by atoms with Crippen LogP contribution in [-0.2, 0) is 4.74 Å². The molecule has 27 heavy (non-hydrogen) atoms. The summed E-state index contributed by atoms with van der Waals surface area (Å²) in [7, 11) is 0. The van der Waals surface area contributed by atoms with Gasteiger partial charge in [-0.15, -0.1) is 0 Å². The van der Waals surface area contributed by atoms with Crippen molar-refractivity contribution in [3.8, 4) is 11.3 Å². The van der Waals surface area contributed by atoms with Gasteiger partial charge in [0.1, 0.15) is 5.82 Å². The van der Waals surface area contributed by atoms with Crippen LogP contribution in [0, 0.1) is 0 Å². The number of anilines is 2. The van der Waals surface area contributed by atoms with Crippen LogP contribution in [0.2, 0.25) is 5.02 Å². The number of halogens is 1. The molecule has 7 nitrogen and oxygen atoms in total. The van der Waals surface area contributed by atoms with E-state index in [1.165, 1.54) is 0 Å². The molecule has 0 atom stereocenters. The predicted molar refractivity (Wildman–Crippen MR) is 102 cm³/mol. The normalized spacial score (nSPS) is 14.2. The molecule has 1 amide bonds. The number of amides is 1. The molecule has 3 heterocycles. The van der Waals surface area contributed by atoms with Gasteiger partial charge < -0.3 is 19.5 Å². The topological polar surface area (TPSA) is 80.5 Å². The highest BCUT2D eigenvalue weighted by Gasteiger charge is 2.15. The van der Waals surface area contributed by atoms with Crippen LogP contribution in [0.25, 0.3) is 11.3 Å². The van der Waals surface area contributed by atoms with Crippen LogP contribution in [0.4, 0.5) is 11.5 Å². The third-order valence-electron chi connectivity index (χ3n) is 4.19. The number of pyridine rings is 1. The Kier molecular flexibility index (Phi) is 5.04. The van der Waals surface area contributed by atoms with Gasteiger partial charge in [0.2, 0.25) is 0 Å². The van der Waals surface area contributed by atoms with Crippen molar-refractivity contribution in [1.82, 2.24) is 10.1 Å². The van der Waals surface area contributed by atoms with Crippen molar-refractivity contribution in [1.29, 1.82) is 0 Å². The Labute approximate surface area is 160 Å². The van der Waals surface area contributed by atoms with Gasteiger partial charge in [-0.05, 0) is 24.3 Å². The fourth-order valence-electron chi connectivity index (χ4n) is 2.79. The third kappa shape index (κ3) is 4.10.